The summed E-state index contributed by atoms with van der Waals surface area (Å²) in [5.74, 6) is -0.615. The number of rotatable bonds is 4. The van der Waals surface area contributed by atoms with Crippen molar-refractivity contribution in [2.75, 3.05) is 0 Å². The predicted molar refractivity (Wildman–Crippen MR) is 56.6 cm³/mol. The number of primary amides is 1. The third kappa shape index (κ3) is 3.32. The first-order chi connectivity index (χ1) is 7.00. The lowest BCUT2D eigenvalue weighted by Gasteiger charge is -2.10. The van der Waals surface area contributed by atoms with Crippen LogP contribution in [0.2, 0.25) is 0 Å². The van der Waals surface area contributed by atoms with Crippen LogP contribution in [-0.4, -0.2) is 11.9 Å². The molecule has 15 heavy (non-hydrogen) atoms. The van der Waals surface area contributed by atoms with Crippen LogP contribution < -0.4 is 11.1 Å². The molecule has 0 aliphatic heterocycles. The van der Waals surface area contributed by atoms with Crippen molar-refractivity contribution in [1.29, 1.82) is 0 Å². The minimum Gasteiger partial charge on any atom is -0.368 e. The van der Waals surface area contributed by atoms with Crippen molar-refractivity contribution in [3.63, 3.8) is 0 Å². The zero-order valence-electron chi connectivity index (χ0n) is 8.88. The normalized spacial score (nSPS) is 12.5. The highest BCUT2D eigenvalue weighted by Gasteiger charge is 2.07. The van der Waals surface area contributed by atoms with Gasteiger partial charge in [0.1, 0.15) is 5.82 Å². The third-order valence-corrected chi connectivity index (χ3v) is 2.26. The molecule has 0 saturated carbocycles. The Labute approximate surface area is 88.5 Å². The molecule has 0 aliphatic rings. The molecule has 0 spiro atoms. The van der Waals surface area contributed by atoms with E-state index in [1.807, 2.05) is 0 Å². The van der Waals surface area contributed by atoms with Crippen molar-refractivity contribution in [2.24, 2.45) is 5.73 Å². The summed E-state index contributed by atoms with van der Waals surface area (Å²) in [6.07, 6.45) is 0. The van der Waals surface area contributed by atoms with Gasteiger partial charge in [-0.1, -0.05) is 12.1 Å². The van der Waals surface area contributed by atoms with Gasteiger partial charge in [0, 0.05) is 6.54 Å². The fourth-order valence-electron chi connectivity index (χ4n) is 1.19. The van der Waals surface area contributed by atoms with Gasteiger partial charge in [-0.3, -0.25) is 4.79 Å². The van der Waals surface area contributed by atoms with E-state index in [0.717, 1.165) is 5.56 Å². The molecule has 0 fully saturated rings. The fourth-order valence-corrected chi connectivity index (χ4v) is 1.19. The molecule has 0 unspecified atom stereocenters. The molecule has 1 aromatic carbocycles. The molecule has 0 saturated heterocycles. The van der Waals surface area contributed by atoms with Crippen LogP contribution in [-0.2, 0) is 11.3 Å². The van der Waals surface area contributed by atoms with Gasteiger partial charge >= 0.3 is 0 Å². The predicted octanol–water partition coefficient (Wildman–Crippen LogP) is 1.10. The Hall–Kier alpha value is -1.42. The topological polar surface area (TPSA) is 55.1 Å². The highest BCUT2D eigenvalue weighted by atomic mass is 19.1. The summed E-state index contributed by atoms with van der Waals surface area (Å²) in [7, 11) is 0. The van der Waals surface area contributed by atoms with Crippen LogP contribution in [0.15, 0.2) is 18.2 Å². The van der Waals surface area contributed by atoms with E-state index in [4.69, 9.17) is 5.73 Å². The first-order valence-corrected chi connectivity index (χ1v) is 4.78. The molecular formula is C11H15FN2O. The second-order valence-electron chi connectivity index (χ2n) is 3.59. The number of carbonyl (C=O) groups is 1. The smallest absolute Gasteiger partial charge is 0.234 e. The number of hydrogen-bond acceptors (Lipinski definition) is 2. The molecule has 0 aliphatic carbocycles. The van der Waals surface area contributed by atoms with E-state index in [1.165, 1.54) is 6.07 Å². The average molecular weight is 210 g/mol. The second kappa shape index (κ2) is 4.89. The molecule has 0 heterocycles. The number of benzene rings is 1. The Bertz CT molecular complexity index is 366. The molecule has 0 aromatic heterocycles. The lowest BCUT2D eigenvalue weighted by molar-refractivity contribution is -0.119. The van der Waals surface area contributed by atoms with E-state index in [0.29, 0.717) is 12.1 Å². The molecule has 0 radical (unpaired) electrons. The van der Waals surface area contributed by atoms with E-state index in [9.17, 15) is 9.18 Å². The SMILES string of the molecule is Cc1cc(CN[C@@H](C)C(N)=O)ccc1F. The zero-order chi connectivity index (χ0) is 11.4. The second-order valence-corrected chi connectivity index (χ2v) is 3.59. The van der Waals surface area contributed by atoms with Gasteiger partial charge in [0.15, 0.2) is 0 Å². The van der Waals surface area contributed by atoms with E-state index in [-0.39, 0.29) is 11.9 Å². The van der Waals surface area contributed by atoms with E-state index < -0.39 is 5.91 Å². The van der Waals surface area contributed by atoms with Crippen molar-refractivity contribution in [3.05, 3.63) is 35.1 Å². The molecule has 1 atom stereocenters. The number of halogens is 1. The summed E-state index contributed by atoms with van der Waals surface area (Å²) in [5, 5.41) is 2.95. The highest BCUT2D eigenvalue weighted by molar-refractivity contribution is 5.79. The largest absolute Gasteiger partial charge is 0.368 e. The van der Waals surface area contributed by atoms with Crippen molar-refractivity contribution < 1.29 is 9.18 Å². The highest BCUT2D eigenvalue weighted by Crippen LogP contribution is 2.08. The molecule has 1 aromatic rings. The Balaban J connectivity index is 2.58. The van der Waals surface area contributed by atoms with Gasteiger partial charge in [-0.2, -0.15) is 0 Å². The van der Waals surface area contributed by atoms with Crippen molar-refractivity contribution >= 4 is 5.91 Å². The Kier molecular flexibility index (Phi) is 3.80. The van der Waals surface area contributed by atoms with Crippen LogP contribution in [0.5, 0.6) is 0 Å². The maximum absolute atomic E-state index is 12.9. The van der Waals surface area contributed by atoms with Gasteiger partial charge in [-0.15, -0.1) is 0 Å². The van der Waals surface area contributed by atoms with Gasteiger partial charge in [-0.05, 0) is 31.0 Å². The van der Waals surface area contributed by atoms with Crippen LogP contribution >= 0.6 is 0 Å². The number of nitrogens with two attached hydrogens (primary N) is 1. The van der Waals surface area contributed by atoms with Crippen LogP contribution in [0.25, 0.3) is 0 Å². The number of carbonyl (C=O) groups excluding carboxylic acids is 1. The third-order valence-electron chi connectivity index (χ3n) is 2.26. The summed E-state index contributed by atoms with van der Waals surface area (Å²) in [4.78, 5) is 10.7. The van der Waals surface area contributed by atoms with Gasteiger partial charge in [-0.25, -0.2) is 4.39 Å². The standard InChI is InChI=1S/C11H15FN2O/c1-7-5-9(3-4-10(7)12)6-14-8(2)11(13)15/h3-5,8,14H,6H2,1-2H3,(H2,13,15)/t8-/m0/s1. The monoisotopic (exact) mass is 210 g/mol. The van der Waals surface area contributed by atoms with Gasteiger partial charge < -0.3 is 11.1 Å². The molecule has 3 nitrogen and oxygen atoms in total. The van der Waals surface area contributed by atoms with E-state index in [2.05, 4.69) is 5.32 Å². The van der Waals surface area contributed by atoms with Crippen molar-refractivity contribution in [2.45, 2.75) is 26.4 Å². The minimum atomic E-state index is -0.395. The quantitative estimate of drug-likeness (QED) is 0.781. The van der Waals surface area contributed by atoms with Gasteiger partial charge in [0.05, 0.1) is 6.04 Å². The Morgan fingerprint density at radius 2 is 2.27 bits per heavy atom. The maximum atomic E-state index is 12.9. The summed E-state index contributed by atoms with van der Waals surface area (Å²) in [6, 6.07) is 4.47. The summed E-state index contributed by atoms with van der Waals surface area (Å²) >= 11 is 0. The summed E-state index contributed by atoms with van der Waals surface area (Å²) in [6.45, 7) is 3.90. The molecule has 3 N–H and O–H groups in total. The number of amides is 1. The molecule has 4 heteroatoms. The van der Waals surface area contributed by atoms with Crippen molar-refractivity contribution in [3.8, 4) is 0 Å². The van der Waals surface area contributed by atoms with Gasteiger partial charge in [0.25, 0.3) is 0 Å². The van der Waals surface area contributed by atoms with Crippen LogP contribution in [0.1, 0.15) is 18.1 Å². The first-order valence-electron chi connectivity index (χ1n) is 4.78. The zero-order valence-corrected chi connectivity index (χ0v) is 8.88. The number of nitrogens with one attached hydrogen (secondary N) is 1. The van der Waals surface area contributed by atoms with Crippen LogP contribution in [0, 0.1) is 12.7 Å². The summed E-state index contributed by atoms with van der Waals surface area (Å²) < 4.78 is 12.9. The summed E-state index contributed by atoms with van der Waals surface area (Å²) in [5.41, 5.74) is 6.62. The fraction of sp³-hybridized carbons (Fsp3) is 0.364. The van der Waals surface area contributed by atoms with Crippen LogP contribution in [0.4, 0.5) is 4.39 Å². The molecule has 1 amide bonds. The van der Waals surface area contributed by atoms with Crippen LogP contribution in [0.3, 0.4) is 0 Å². The minimum absolute atomic E-state index is 0.221. The first kappa shape index (κ1) is 11.7. The molecular weight excluding hydrogens is 195 g/mol. The number of hydrogen-bond donors (Lipinski definition) is 2. The molecule has 1 rings (SSSR count). The van der Waals surface area contributed by atoms with E-state index in [1.54, 1.807) is 26.0 Å². The average Bonchev–Trinajstić information content (AvgIpc) is 2.19. The Morgan fingerprint density at radius 3 is 2.80 bits per heavy atom. The molecule has 82 valence electrons. The lowest BCUT2D eigenvalue weighted by Crippen LogP contribution is -2.38. The maximum Gasteiger partial charge on any atom is 0.234 e. The lowest BCUT2D eigenvalue weighted by atomic mass is 10.1. The number of aryl methyl sites for hydroxylation is 1. The van der Waals surface area contributed by atoms with Crippen molar-refractivity contribution in [1.82, 2.24) is 5.32 Å². The molecule has 0 bridgehead atoms. The van der Waals surface area contributed by atoms with Gasteiger partial charge in [0.2, 0.25) is 5.91 Å². The van der Waals surface area contributed by atoms with E-state index >= 15 is 0 Å². The Morgan fingerprint density at radius 1 is 1.60 bits per heavy atom.